The molecule has 6 heteroatoms. The molecule has 0 aliphatic heterocycles. The number of hydrogen-bond donors (Lipinski definition) is 2. The smallest absolute Gasteiger partial charge is 0.257 e. The van der Waals surface area contributed by atoms with Crippen LogP contribution in [0.15, 0.2) is 77.7 Å². The molecule has 0 aliphatic rings. The molecule has 3 aromatic carbocycles. The van der Waals surface area contributed by atoms with Crippen molar-refractivity contribution in [3.8, 4) is 0 Å². The van der Waals surface area contributed by atoms with Crippen LogP contribution in [0.5, 0.6) is 0 Å². The molecule has 0 bridgehead atoms. The first-order valence-electron chi connectivity index (χ1n) is 8.18. The maximum absolute atomic E-state index is 12.6. The summed E-state index contributed by atoms with van der Waals surface area (Å²) in [5.74, 6) is -0.516. The number of rotatable bonds is 5. The molecule has 3 rings (SSSR count). The topological polar surface area (TPSA) is 58.2 Å². The standard InChI is InChI=1S/C21H17ClN2O2S/c1-27-17-10-11-19(22)18(13-17)21(26)24-16-9-5-8-15(12-16)23-20(25)14-6-3-2-4-7-14/h2-13H,1H3,(H,23,25)(H,24,26). The first-order valence-corrected chi connectivity index (χ1v) is 9.78. The van der Waals surface area contributed by atoms with Gasteiger partial charge in [0.25, 0.3) is 11.8 Å². The summed E-state index contributed by atoms with van der Waals surface area (Å²) >= 11 is 7.69. The van der Waals surface area contributed by atoms with Gasteiger partial charge >= 0.3 is 0 Å². The normalized spacial score (nSPS) is 10.3. The lowest BCUT2D eigenvalue weighted by Gasteiger charge is -2.10. The number of nitrogens with one attached hydrogen (secondary N) is 2. The SMILES string of the molecule is CSc1ccc(Cl)c(C(=O)Nc2cccc(NC(=O)c3ccccc3)c2)c1. The fourth-order valence-electron chi connectivity index (χ4n) is 2.47. The Morgan fingerprint density at radius 2 is 1.48 bits per heavy atom. The van der Waals surface area contributed by atoms with E-state index in [0.29, 0.717) is 27.5 Å². The lowest BCUT2D eigenvalue weighted by atomic mass is 10.2. The van der Waals surface area contributed by atoms with Gasteiger partial charge in [0, 0.05) is 21.8 Å². The molecule has 4 nitrogen and oxygen atoms in total. The van der Waals surface area contributed by atoms with E-state index in [1.165, 1.54) is 11.8 Å². The van der Waals surface area contributed by atoms with Crippen molar-refractivity contribution in [2.45, 2.75) is 4.90 Å². The quantitative estimate of drug-likeness (QED) is 0.554. The molecule has 0 radical (unpaired) electrons. The molecule has 2 N–H and O–H groups in total. The predicted octanol–water partition coefficient (Wildman–Crippen LogP) is 5.57. The van der Waals surface area contributed by atoms with Gasteiger partial charge in [-0.25, -0.2) is 0 Å². The Bertz CT molecular complexity index is 977. The van der Waals surface area contributed by atoms with E-state index in [-0.39, 0.29) is 11.8 Å². The Kier molecular flexibility index (Phi) is 6.16. The van der Waals surface area contributed by atoms with Crippen molar-refractivity contribution in [2.24, 2.45) is 0 Å². The molecule has 0 fully saturated rings. The van der Waals surface area contributed by atoms with Crippen molar-refractivity contribution in [3.63, 3.8) is 0 Å². The van der Waals surface area contributed by atoms with Gasteiger partial charge in [0.05, 0.1) is 10.6 Å². The first-order chi connectivity index (χ1) is 13.1. The Labute approximate surface area is 166 Å². The number of carbonyl (C=O) groups excluding carboxylic acids is 2. The molecule has 0 aliphatic carbocycles. The number of anilines is 2. The third-order valence-corrected chi connectivity index (χ3v) is 4.89. The minimum atomic E-state index is -0.303. The van der Waals surface area contributed by atoms with E-state index in [0.717, 1.165) is 4.90 Å². The van der Waals surface area contributed by atoms with Crippen LogP contribution in [-0.2, 0) is 0 Å². The van der Waals surface area contributed by atoms with Crippen LogP contribution in [0.1, 0.15) is 20.7 Å². The number of carbonyl (C=O) groups is 2. The highest BCUT2D eigenvalue weighted by molar-refractivity contribution is 7.98. The molecule has 136 valence electrons. The van der Waals surface area contributed by atoms with Crippen molar-refractivity contribution in [2.75, 3.05) is 16.9 Å². The van der Waals surface area contributed by atoms with Crippen LogP contribution in [0.4, 0.5) is 11.4 Å². The minimum absolute atomic E-state index is 0.213. The highest BCUT2D eigenvalue weighted by Gasteiger charge is 2.12. The molecule has 3 aromatic rings. The number of benzene rings is 3. The Hall–Kier alpha value is -2.76. The molecular weight excluding hydrogens is 380 g/mol. The van der Waals surface area contributed by atoms with E-state index in [2.05, 4.69) is 10.6 Å². The number of amides is 2. The van der Waals surface area contributed by atoms with Crippen molar-refractivity contribution in [1.29, 1.82) is 0 Å². The zero-order valence-corrected chi connectivity index (χ0v) is 16.1. The average molecular weight is 397 g/mol. The van der Waals surface area contributed by atoms with Gasteiger partial charge in [-0.1, -0.05) is 35.9 Å². The molecule has 0 unspecified atom stereocenters. The molecule has 0 saturated heterocycles. The van der Waals surface area contributed by atoms with E-state index in [4.69, 9.17) is 11.6 Å². The van der Waals surface area contributed by atoms with Gasteiger partial charge in [0.2, 0.25) is 0 Å². The summed E-state index contributed by atoms with van der Waals surface area (Å²) in [7, 11) is 0. The van der Waals surface area contributed by atoms with Gasteiger partial charge in [-0.15, -0.1) is 11.8 Å². The van der Waals surface area contributed by atoms with Crippen molar-refractivity contribution in [3.05, 3.63) is 88.9 Å². The molecule has 0 saturated carbocycles. The van der Waals surface area contributed by atoms with E-state index >= 15 is 0 Å². The van der Waals surface area contributed by atoms with Gasteiger partial charge in [-0.3, -0.25) is 9.59 Å². The van der Waals surface area contributed by atoms with Crippen molar-refractivity contribution >= 4 is 46.6 Å². The van der Waals surface area contributed by atoms with Crippen molar-refractivity contribution in [1.82, 2.24) is 0 Å². The van der Waals surface area contributed by atoms with Crippen LogP contribution in [0.2, 0.25) is 5.02 Å². The van der Waals surface area contributed by atoms with Crippen LogP contribution in [-0.4, -0.2) is 18.1 Å². The summed E-state index contributed by atoms with van der Waals surface area (Å²) in [5, 5.41) is 6.03. The summed E-state index contributed by atoms with van der Waals surface area (Å²) in [6.07, 6.45) is 1.93. The van der Waals surface area contributed by atoms with E-state index in [1.807, 2.05) is 18.4 Å². The Morgan fingerprint density at radius 1 is 0.815 bits per heavy atom. The summed E-state index contributed by atoms with van der Waals surface area (Å²) in [6.45, 7) is 0. The molecule has 2 amide bonds. The highest BCUT2D eigenvalue weighted by atomic mass is 35.5. The van der Waals surface area contributed by atoms with Gasteiger partial charge in [-0.2, -0.15) is 0 Å². The van der Waals surface area contributed by atoms with Gasteiger partial charge in [0.1, 0.15) is 0 Å². The Balaban J connectivity index is 1.74. The summed E-state index contributed by atoms with van der Waals surface area (Å²) < 4.78 is 0. The van der Waals surface area contributed by atoms with Gasteiger partial charge in [0.15, 0.2) is 0 Å². The van der Waals surface area contributed by atoms with Gasteiger partial charge in [-0.05, 0) is 54.8 Å². The minimum Gasteiger partial charge on any atom is -0.322 e. The molecule has 0 aromatic heterocycles. The van der Waals surface area contributed by atoms with E-state index in [1.54, 1.807) is 60.7 Å². The van der Waals surface area contributed by atoms with Crippen LogP contribution < -0.4 is 10.6 Å². The highest BCUT2D eigenvalue weighted by Crippen LogP contribution is 2.24. The van der Waals surface area contributed by atoms with Crippen LogP contribution in [0.25, 0.3) is 0 Å². The first kappa shape index (κ1) is 19.0. The third kappa shape index (κ3) is 4.90. The van der Waals surface area contributed by atoms with Gasteiger partial charge < -0.3 is 10.6 Å². The zero-order valence-electron chi connectivity index (χ0n) is 14.5. The van der Waals surface area contributed by atoms with E-state index in [9.17, 15) is 9.59 Å². The second-order valence-electron chi connectivity index (χ2n) is 5.70. The summed E-state index contributed by atoms with van der Waals surface area (Å²) in [4.78, 5) is 25.8. The largest absolute Gasteiger partial charge is 0.322 e. The number of hydrogen-bond acceptors (Lipinski definition) is 3. The second kappa shape index (κ2) is 8.75. The lowest BCUT2D eigenvalue weighted by molar-refractivity contribution is 0.101. The molecule has 0 atom stereocenters. The fourth-order valence-corrected chi connectivity index (χ4v) is 3.11. The Morgan fingerprint density at radius 3 is 2.15 bits per heavy atom. The maximum atomic E-state index is 12.6. The number of halogens is 1. The molecule has 0 heterocycles. The van der Waals surface area contributed by atoms with Crippen LogP contribution in [0.3, 0.4) is 0 Å². The molecular formula is C21H17ClN2O2S. The maximum Gasteiger partial charge on any atom is 0.257 e. The second-order valence-corrected chi connectivity index (χ2v) is 6.99. The summed E-state index contributed by atoms with van der Waals surface area (Å²) in [6, 6.07) is 21.2. The zero-order chi connectivity index (χ0) is 19.2. The van der Waals surface area contributed by atoms with Crippen molar-refractivity contribution < 1.29 is 9.59 Å². The van der Waals surface area contributed by atoms with Crippen LogP contribution in [0, 0.1) is 0 Å². The third-order valence-electron chi connectivity index (χ3n) is 3.83. The molecule has 0 spiro atoms. The predicted molar refractivity (Wildman–Crippen MR) is 112 cm³/mol. The van der Waals surface area contributed by atoms with E-state index < -0.39 is 0 Å². The molecule has 27 heavy (non-hydrogen) atoms. The monoisotopic (exact) mass is 396 g/mol. The van der Waals surface area contributed by atoms with Crippen LogP contribution >= 0.6 is 23.4 Å². The fraction of sp³-hybridized carbons (Fsp3) is 0.0476. The average Bonchev–Trinajstić information content (AvgIpc) is 2.69. The lowest BCUT2D eigenvalue weighted by Crippen LogP contribution is -2.14. The summed E-state index contributed by atoms with van der Waals surface area (Å²) in [5.41, 5.74) is 2.12. The number of thioether (sulfide) groups is 1.